The predicted octanol–water partition coefficient (Wildman–Crippen LogP) is 1.75. The molecule has 2 N–H and O–H groups in total. The molecule has 1 unspecified atom stereocenters. The number of amides is 2. The van der Waals surface area contributed by atoms with Gasteiger partial charge < -0.3 is 15.5 Å². The second kappa shape index (κ2) is 5.72. The minimum atomic E-state index is -0.513. The molecule has 2 aromatic carbocycles. The van der Waals surface area contributed by atoms with Crippen molar-refractivity contribution in [3.05, 3.63) is 65.0 Å². The van der Waals surface area contributed by atoms with Gasteiger partial charge in [0.05, 0.1) is 0 Å². The molecule has 0 bridgehead atoms. The van der Waals surface area contributed by atoms with Gasteiger partial charge in [0, 0.05) is 30.9 Å². The van der Waals surface area contributed by atoms with Crippen LogP contribution in [0.5, 0.6) is 0 Å². The maximum Gasteiger partial charge on any atom is 0.251 e. The van der Waals surface area contributed by atoms with Crippen molar-refractivity contribution in [2.24, 2.45) is 0 Å². The molecular weight excluding hydrogens is 309 g/mol. The van der Waals surface area contributed by atoms with Gasteiger partial charge in [-0.3, -0.25) is 9.59 Å². The average Bonchev–Trinajstić information content (AvgIpc) is 2.97. The Balaban J connectivity index is 1.64. The number of carbonyl (C=O) groups is 2. The number of hydrogen-bond acceptors (Lipinski definition) is 3. The van der Waals surface area contributed by atoms with Crippen LogP contribution in [0, 0.1) is 5.82 Å². The Morgan fingerprint density at radius 2 is 1.88 bits per heavy atom. The van der Waals surface area contributed by atoms with Crippen LogP contribution in [0.1, 0.15) is 27.5 Å². The van der Waals surface area contributed by atoms with Crippen molar-refractivity contribution in [1.82, 2.24) is 10.6 Å². The number of piperazine rings is 1. The molecule has 5 nitrogen and oxygen atoms in total. The third kappa shape index (κ3) is 2.45. The third-order valence-electron chi connectivity index (χ3n) is 4.49. The van der Waals surface area contributed by atoms with E-state index in [1.54, 1.807) is 23.1 Å². The van der Waals surface area contributed by atoms with Crippen LogP contribution in [0.25, 0.3) is 0 Å². The minimum Gasteiger partial charge on any atom is -0.348 e. The summed E-state index contributed by atoms with van der Waals surface area (Å²) in [6.45, 7) is 1.68. The van der Waals surface area contributed by atoms with E-state index in [9.17, 15) is 14.0 Å². The van der Waals surface area contributed by atoms with E-state index >= 15 is 0 Å². The van der Waals surface area contributed by atoms with Crippen LogP contribution in [0.4, 0.5) is 10.1 Å². The first-order chi connectivity index (χ1) is 11.6. The SMILES string of the molecule is O=C1NCc2ccc(N3CCNC(c4ccc(F)cc4)C3=O)cc21. The Labute approximate surface area is 138 Å². The molecule has 0 aliphatic carbocycles. The number of nitrogens with one attached hydrogen (secondary N) is 2. The second-order valence-electron chi connectivity index (χ2n) is 5.95. The zero-order chi connectivity index (χ0) is 16.7. The van der Waals surface area contributed by atoms with Crippen molar-refractivity contribution < 1.29 is 14.0 Å². The lowest BCUT2D eigenvalue weighted by Crippen LogP contribution is -2.50. The third-order valence-corrected chi connectivity index (χ3v) is 4.49. The van der Waals surface area contributed by atoms with Gasteiger partial charge in [-0.1, -0.05) is 18.2 Å². The lowest BCUT2D eigenvalue weighted by atomic mass is 10.0. The van der Waals surface area contributed by atoms with E-state index in [1.165, 1.54) is 12.1 Å². The lowest BCUT2D eigenvalue weighted by molar-refractivity contribution is -0.121. The summed E-state index contributed by atoms with van der Waals surface area (Å²) in [4.78, 5) is 26.4. The molecule has 0 radical (unpaired) electrons. The maximum atomic E-state index is 13.1. The summed E-state index contributed by atoms with van der Waals surface area (Å²) < 4.78 is 13.1. The standard InChI is InChI=1S/C18H16FN3O2/c19-13-4-1-11(2-5-13)16-18(24)22(8-7-20-16)14-6-3-12-10-21-17(23)15(12)9-14/h1-6,9,16,20H,7-8,10H2,(H,21,23). The monoisotopic (exact) mass is 325 g/mol. The zero-order valence-electron chi connectivity index (χ0n) is 12.9. The van der Waals surface area contributed by atoms with Crippen LogP contribution >= 0.6 is 0 Å². The molecule has 1 saturated heterocycles. The van der Waals surface area contributed by atoms with Crippen molar-refractivity contribution in [3.8, 4) is 0 Å². The van der Waals surface area contributed by atoms with Crippen molar-refractivity contribution in [2.45, 2.75) is 12.6 Å². The van der Waals surface area contributed by atoms with Crippen LogP contribution in [0.2, 0.25) is 0 Å². The summed E-state index contributed by atoms with van der Waals surface area (Å²) >= 11 is 0. The summed E-state index contributed by atoms with van der Waals surface area (Å²) in [5.41, 5.74) is 3.01. The number of halogens is 1. The highest BCUT2D eigenvalue weighted by Crippen LogP contribution is 2.27. The summed E-state index contributed by atoms with van der Waals surface area (Å²) in [5.74, 6) is -0.542. The summed E-state index contributed by atoms with van der Waals surface area (Å²) in [7, 11) is 0. The quantitative estimate of drug-likeness (QED) is 0.884. The van der Waals surface area contributed by atoms with Crippen molar-refractivity contribution in [1.29, 1.82) is 0 Å². The number of anilines is 1. The van der Waals surface area contributed by atoms with E-state index in [2.05, 4.69) is 10.6 Å². The number of fused-ring (bicyclic) bond motifs is 1. The van der Waals surface area contributed by atoms with Gasteiger partial charge in [0.15, 0.2) is 0 Å². The first-order valence-corrected chi connectivity index (χ1v) is 7.85. The normalized spacial score (nSPS) is 20.0. The fourth-order valence-corrected chi connectivity index (χ4v) is 3.21. The molecule has 122 valence electrons. The van der Waals surface area contributed by atoms with Crippen LogP contribution in [0.15, 0.2) is 42.5 Å². The number of rotatable bonds is 2. The van der Waals surface area contributed by atoms with Gasteiger partial charge >= 0.3 is 0 Å². The molecule has 0 aromatic heterocycles. The van der Waals surface area contributed by atoms with Crippen LogP contribution in [-0.2, 0) is 11.3 Å². The van der Waals surface area contributed by atoms with E-state index in [0.717, 1.165) is 11.1 Å². The smallest absolute Gasteiger partial charge is 0.251 e. The van der Waals surface area contributed by atoms with Gasteiger partial charge in [-0.25, -0.2) is 4.39 Å². The topological polar surface area (TPSA) is 61.4 Å². The van der Waals surface area contributed by atoms with Gasteiger partial charge in [-0.2, -0.15) is 0 Å². The number of hydrogen-bond donors (Lipinski definition) is 2. The first kappa shape index (κ1) is 14.8. The highest BCUT2D eigenvalue weighted by Gasteiger charge is 2.31. The van der Waals surface area contributed by atoms with E-state index in [1.807, 2.05) is 12.1 Å². The highest BCUT2D eigenvalue weighted by molar-refractivity contribution is 6.02. The minimum absolute atomic E-state index is 0.105. The molecule has 1 atom stereocenters. The second-order valence-corrected chi connectivity index (χ2v) is 5.95. The first-order valence-electron chi connectivity index (χ1n) is 7.85. The van der Waals surface area contributed by atoms with Crippen LogP contribution in [0.3, 0.4) is 0 Å². The van der Waals surface area contributed by atoms with E-state index in [0.29, 0.717) is 30.9 Å². The van der Waals surface area contributed by atoms with Crippen molar-refractivity contribution in [2.75, 3.05) is 18.0 Å². The largest absolute Gasteiger partial charge is 0.348 e. The Hall–Kier alpha value is -2.73. The summed E-state index contributed by atoms with van der Waals surface area (Å²) in [6.07, 6.45) is 0. The molecule has 24 heavy (non-hydrogen) atoms. The Bertz CT molecular complexity index is 820. The maximum absolute atomic E-state index is 13.1. The molecule has 1 fully saturated rings. The van der Waals surface area contributed by atoms with Gasteiger partial charge in [0.25, 0.3) is 5.91 Å². The Kier molecular flexibility index (Phi) is 3.54. The molecule has 2 amide bonds. The average molecular weight is 325 g/mol. The summed E-state index contributed by atoms with van der Waals surface area (Å²) in [6, 6.07) is 10.9. The fraction of sp³-hybridized carbons (Fsp3) is 0.222. The molecule has 2 heterocycles. The van der Waals surface area contributed by atoms with Gasteiger partial charge in [0.2, 0.25) is 5.91 Å². The zero-order valence-corrected chi connectivity index (χ0v) is 12.9. The predicted molar refractivity (Wildman–Crippen MR) is 87.1 cm³/mol. The molecule has 2 aliphatic rings. The fourth-order valence-electron chi connectivity index (χ4n) is 3.21. The summed E-state index contributed by atoms with van der Waals surface area (Å²) in [5, 5.41) is 5.95. The molecular formula is C18H16FN3O2. The number of benzene rings is 2. The highest BCUT2D eigenvalue weighted by atomic mass is 19.1. The van der Waals surface area contributed by atoms with Gasteiger partial charge in [0.1, 0.15) is 11.9 Å². The lowest BCUT2D eigenvalue weighted by Gasteiger charge is -2.33. The van der Waals surface area contributed by atoms with E-state index in [-0.39, 0.29) is 17.6 Å². The molecule has 0 spiro atoms. The van der Waals surface area contributed by atoms with Gasteiger partial charge in [-0.15, -0.1) is 0 Å². The van der Waals surface area contributed by atoms with Crippen molar-refractivity contribution in [3.63, 3.8) is 0 Å². The number of nitrogens with zero attached hydrogens (tertiary/aromatic N) is 1. The molecule has 2 aromatic rings. The Morgan fingerprint density at radius 3 is 2.67 bits per heavy atom. The molecule has 6 heteroatoms. The van der Waals surface area contributed by atoms with Crippen LogP contribution in [-0.4, -0.2) is 24.9 Å². The van der Waals surface area contributed by atoms with Gasteiger partial charge in [-0.05, 0) is 35.4 Å². The van der Waals surface area contributed by atoms with E-state index < -0.39 is 6.04 Å². The number of carbonyl (C=O) groups excluding carboxylic acids is 2. The molecule has 0 saturated carbocycles. The van der Waals surface area contributed by atoms with Crippen LogP contribution < -0.4 is 15.5 Å². The molecule has 2 aliphatic heterocycles. The van der Waals surface area contributed by atoms with Crippen molar-refractivity contribution >= 4 is 17.5 Å². The van der Waals surface area contributed by atoms with E-state index in [4.69, 9.17) is 0 Å². The molecule has 4 rings (SSSR count). The Morgan fingerprint density at radius 1 is 1.08 bits per heavy atom.